The van der Waals surface area contributed by atoms with Crippen LogP contribution < -0.4 is 4.89 Å². The van der Waals surface area contributed by atoms with Crippen molar-refractivity contribution in [2.75, 3.05) is 54.1 Å². The third-order valence-corrected chi connectivity index (χ3v) is 7.67. The van der Waals surface area contributed by atoms with E-state index in [1.807, 2.05) is 51.5 Å². The van der Waals surface area contributed by atoms with E-state index in [-0.39, 0.29) is 19.8 Å². The maximum Gasteiger partial charge on any atom is 0.268 e. The molecule has 0 fully saturated rings. The molecule has 0 spiro atoms. The van der Waals surface area contributed by atoms with E-state index in [0.717, 1.165) is 18.4 Å². The van der Waals surface area contributed by atoms with Gasteiger partial charge in [0.05, 0.1) is 41.0 Å². The lowest BCUT2D eigenvalue weighted by molar-refractivity contribution is -0.870. The molecule has 0 radical (unpaired) electrons. The Labute approximate surface area is 239 Å². The summed E-state index contributed by atoms with van der Waals surface area (Å²) in [6.07, 6.45) is 18.0. The number of hydrogen-bond donors (Lipinski definition) is 0. The molecule has 39 heavy (non-hydrogen) atoms. The summed E-state index contributed by atoms with van der Waals surface area (Å²) in [6, 6.07) is 9.79. The van der Waals surface area contributed by atoms with Crippen LogP contribution >= 0.6 is 7.82 Å². The van der Waals surface area contributed by atoms with E-state index >= 15 is 0 Å². The summed E-state index contributed by atoms with van der Waals surface area (Å²) in [5.41, 5.74) is 1.01. The molecule has 1 rings (SSSR count). The molecule has 2 atom stereocenters. The van der Waals surface area contributed by atoms with Crippen LogP contribution in [0.2, 0.25) is 0 Å². The number of unbranched alkanes of at least 4 members (excludes halogenated alkanes) is 13. The quantitative estimate of drug-likeness (QED) is 0.0628. The minimum atomic E-state index is -4.40. The highest BCUT2D eigenvalue weighted by Crippen LogP contribution is 2.38. The fourth-order valence-electron chi connectivity index (χ4n) is 4.18. The van der Waals surface area contributed by atoms with Gasteiger partial charge in [-0.2, -0.15) is 0 Å². The topological polar surface area (TPSA) is 77.1 Å². The molecule has 0 aliphatic rings. The molecule has 0 bridgehead atoms. The Balaban J connectivity index is 2.18. The SMILES string of the molecule is CCCCCCCCCCCCCCCCOC[C@H](COP(=O)([O-])OCC[N+](C)(C)C)OCc1ccccc1. The molecule has 0 aliphatic carbocycles. The summed E-state index contributed by atoms with van der Waals surface area (Å²) in [5.74, 6) is 0. The van der Waals surface area contributed by atoms with Crippen molar-refractivity contribution in [1.29, 1.82) is 0 Å². The maximum atomic E-state index is 12.2. The molecular weight excluding hydrogens is 513 g/mol. The largest absolute Gasteiger partial charge is 0.756 e. The maximum absolute atomic E-state index is 12.2. The predicted molar refractivity (Wildman–Crippen MR) is 159 cm³/mol. The summed E-state index contributed by atoms with van der Waals surface area (Å²) in [5, 5.41) is 0. The Kier molecular flexibility index (Phi) is 21.2. The van der Waals surface area contributed by atoms with Gasteiger partial charge < -0.3 is 27.9 Å². The monoisotopic (exact) mass is 571 g/mol. The van der Waals surface area contributed by atoms with E-state index in [0.29, 0.717) is 24.2 Å². The molecule has 1 unspecified atom stereocenters. The summed E-state index contributed by atoms with van der Waals surface area (Å²) < 4.78 is 34.7. The zero-order valence-electron chi connectivity index (χ0n) is 25.5. The lowest BCUT2D eigenvalue weighted by atomic mass is 10.0. The Hall–Kier alpha value is -0.790. The van der Waals surface area contributed by atoms with Gasteiger partial charge in [-0.05, 0) is 12.0 Å². The lowest BCUT2D eigenvalue weighted by Gasteiger charge is -2.28. The summed E-state index contributed by atoms with van der Waals surface area (Å²) in [4.78, 5) is 12.2. The molecule has 8 heteroatoms. The van der Waals surface area contributed by atoms with Crippen molar-refractivity contribution in [3.8, 4) is 0 Å². The number of nitrogens with zero attached hydrogens (tertiary/aromatic N) is 1. The normalized spacial score (nSPS) is 14.4. The molecule has 0 aliphatic heterocycles. The van der Waals surface area contributed by atoms with Gasteiger partial charge in [-0.15, -0.1) is 0 Å². The van der Waals surface area contributed by atoms with Gasteiger partial charge in [0, 0.05) is 6.61 Å². The van der Waals surface area contributed by atoms with Gasteiger partial charge in [0.25, 0.3) is 7.82 Å². The minimum absolute atomic E-state index is 0.0788. The first-order valence-corrected chi connectivity index (χ1v) is 16.8. The fourth-order valence-corrected chi connectivity index (χ4v) is 4.91. The standard InChI is InChI=1S/C31H58NO6P/c1-5-6-7-8-9-10-11-12-13-14-15-16-17-21-25-35-28-31(36-27-30-22-19-18-20-23-30)29-38-39(33,34)37-26-24-32(2,3)4/h18-20,22-23,31H,5-17,21,24-29H2,1-4H3/t31-/m1/s1. The highest BCUT2D eigenvalue weighted by molar-refractivity contribution is 7.45. The van der Waals surface area contributed by atoms with Gasteiger partial charge in [-0.1, -0.05) is 121 Å². The highest BCUT2D eigenvalue weighted by Gasteiger charge is 2.18. The average molecular weight is 572 g/mol. The second kappa shape index (κ2) is 22.8. The summed E-state index contributed by atoms with van der Waals surface area (Å²) >= 11 is 0. The van der Waals surface area contributed by atoms with Crippen molar-refractivity contribution in [3.05, 3.63) is 35.9 Å². The second-order valence-electron chi connectivity index (χ2n) is 11.7. The van der Waals surface area contributed by atoms with Crippen molar-refractivity contribution in [2.45, 2.75) is 110 Å². The molecule has 228 valence electrons. The lowest BCUT2D eigenvalue weighted by Crippen LogP contribution is -2.37. The Bertz CT molecular complexity index is 728. The molecule has 0 amide bonds. The van der Waals surface area contributed by atoms with Crippen LogP contribution in [-0.4, -0.2) is 64.7 Å². The number of phosphoric acid groups is 1. The van der Waals surface area contributed by atoms with E-state index in [1.54, 1.807) is 0 Å². The molecule has 7 nitrogen and oxygen atoms in total. The van der Waals surface area contributed by atoms with Crippen LogP contribution in [0.3, 0.4) is 0 Å². The van der Waals surface area contributed by atoms with Gasteiger partial charge in [0.15, 0.2) is 0 Å². The van der Waals surface area contributed by atoms with E-state index < -0.39 is 13.9 Å². The van der Waals surface area contributed by atoms with Gasteiger partial charge in [0.1, 0.15) is 19.3 Å². The van der Waals surface area contributed by atoms with Crippen molar-refractivity contribution >= 4 is 7.82 Å². The molecule has 0 aromatic heterocycles. The molecule has 1 aromatic carbocycles. The van der Waals surface area contributed by atoms with Crippen molar-refractivity contribution in [2.24, 2.45) is 0 Å². The van der Waals surface area contributed by atoms with E-state index in [4.69, 9.17) is 18.5 Å². The van der Waals surface area contributed by atoms with Crippen LogP contribution in [0.1, 0.15) is 102 Å². The molecular formula is C31H58NO6P. The summed E-state index contributed by atoms with van der Waals surface area (Å²) in [7, 11) is 1.53. The summed E-state index contributed by atoms with van der Waals surface area (Å²) in [6.45, 7) is 4.06. The van der Waals surface area contributed by atoms with Crippen LogP contribution in [0.4, 0.5) is 0 Å². The first kappa shape index (κ1) is 36.2. The minimum Gasteiger partial charge on any atom is -0.756 e. The number of quaternary nitrogens is 1. The molecule has 0 N–H and O–H groups in total. The van der Waals surface area contributed by atoms with Crippen LogP contribution in [0.5, 0.6) is 0 Å². The average Bonchev–Trinajstić information content (AvgIpc) is 2.89. The van der Waals surface area contributed by atoms with E-state index in [9.17, 15) is 9.46 Å². The third-order valence-electron chi connectivity index (χ3n) is 6.70. The number of phosphoric ester groups is 1. The van der Waals surface area contributed by atoms with Crippen LogP contribution in [0, 0.1) is 0 Å². The van der Waals surface area contributed by atoms with Crippen LogP contribution in [-0.2, 0) is 29.7 Å². The van der Waals surface area contributed by atoms with Crippen molar-refractivity contribution in [3.63, 3.8) is 0 Å². The number of benzene rings is 1. The number of likely N-dealkylation sites (N-methyl/N-ethyl adjacent to an activating group) is 1. The molecule has 0 saturated carbocycles. The zero-order chi connectivity index (χ0) is 28.7. The molecule has 0 heterocycles. The van der Waals surface area contributed by atoms with E-state index in [1.165, 1.54) is 77.0 Å². The van der Waals surface area contributed by atoms with Crippen LogP contribution in [0.15, 0.2) is 30.3 Å². The molecule has 1 aromatic rings. The number of ether oxygens (including phenoxy) is 2. The van der Waals surface area contributed by atoms with Crippen molar-refractivity contribution in [1.82, 2.24) is 0 Å². The number of rotatable bonds is 27. The van der Waals surface area contributed by atoms with Gasteiger partial charge in [-0.3, -0.25) is 4.57 Å². The number of hydrogen-bond acceptors (Lipinski definition) is 6. The van der Waals surface area contributed by atoms with Crippen LogP contribution in [0.25, 0.3) is 0 Å². The zero-order valence-corrected chi connectivity index (χ0v) is 26.3. The van der Waals surface area contributed by atoms with Gasteiger partial charge in [0.2, 0.25) is 0 Å². The second-order valence-corrected chi connectivity index (χ2v) is 13.1. The Morgan fingerprint density at radius 3 is 1.82 bits per heavy atom. The third kappa shape index (κ3) is 23.6. The predicted octanol–water partition coefficient (Wildman–Crippen LogP) is 7.28. The highest BCUT2D eigenvalue weighted by atomic mass is 31.2. The first-order chi connectivity index (χ1) is 18.7. The molecule has 0 saturated heterocycles. The van der Waals surface area contributed by atoms with Gasteiger partial charge in [-0.25, -0.2) is 0 Å². The van der Waals surface area contributed by atoms with Gasteiger partial charge >= 0.3 is 0 Å². The fraction of sp³-hybridized carbons (Fsp3) is 0.806. The smallest absolute Gasteiger partial charge is 0.268 e. The first-order valence-electron chi connectivity index (χ1n) is 15.4. The van der Waals surface area contributed by atoms with Crippen molar-refractivity contribution < 1.29 is 32.5 Å². The Morgan fingerprint density at radius 2 is 1.28 bits per heavy atom. The Morgan fingerprint density at radius 1 is 0.744 bits per heavy atom. The van der Waals surface area contributed by atoms with E-state index in [2.05, 4.69) is 6.92 Å².